The number of carbonyl (C=O) groups excluding carboxylic acids is 2. The van der Waals surface area contributed by atoms with Crippen LogP contribution in [0.5, 0.6) is 0 Å². The van der Waals surface area contributed by atoms with Gasteiger partial charge in [-0.15, -0.1) is 0 Å². The quantitative estimate of drug-likeness (QED) is 0.858. The molecule has 0 bridgehead atoms. The molecule has 0 aromatic heterocycles. The number of ether oxygens (including phenoxy) is 2. The number of carbonyl (C=O) groups is 2. The number of alkyl carbamates (subject to hydrolysis) is 1. The van der Waals surface area contributed by atoms with Gasteiger partial charge < -0.3 is 24.8 Å². The number of rotatable bonds is 4. The average molecular weight is 364 g/mol. The Bertz CT molecular complexity index is 600. The molecule has 144 valence electrons. The number of aliphatic hydroxyl groups is 1. The van der Waals surface area contributed by atoms with Crippen LogP contribution in [0.2, 0.25) is 0 Å². The van der Waals surface area contributed by atoms with Crippen molar-refractivity contribution < 1.29 is 24.2 Å². The van der Waals surface area contributed by atoms with Gasteiger partial charge in [0, 0.05) is 12.6 Å². The number of benzene rings is 1. The molecule has 2 rings (SSSR count). The van der Waals surface area contributed by atoms with E-state index in [0.717, 1.165) is 5.56 Å². The number of aliphatic hydroxyl groups excluding tert-OH is 1. The highest BCUT2D eigenvalue weighted by Gasteiger charge is 2.33. The van der Waals surface area contributed by atoms with Crippen LogP contribution in [0.1, 0.15) is 39.2 Å². The molecule has 26 heavy (non-hydrogen) atoms. The van der Waals surface area contributed by atoms with E-state index in [4.69, 9.17) is 9.47 Å². The molecule has 7 heteroatoms. The first-order valence-electron chi connectivity index (χ1n) is 8.86. The molecule has 7 nitrogen and oxygen atoms in total. The summed E-state index contributed by atoms with van der Waals surface area (Å²) in [6.07, 6.45) is 0.232. The zero-order valence-corrected chi connectivity index (χ0v) is 15.6. The molecule has 2 atom stereocenters. The summed E-state index contributed by atoms with van der Waals surface area (Å²) in [6.45, 7) is 5.68. The van der Waals surface area contributed by atoms with E-state index in [1.54, 1.807) is 20.8 Å². The Morgan fingerprint density at radius 1 is 1.23 bits per heavy atom. The summed E-state index contributed by atoms with van der Waals surface area (Å²) in [5.74, 6) is 0. The Labute approximate surface area is 154 Å². The standard InChI is InChI=1S/C19H28N2O5/c1-19(2,3)26-17(23)20-15-9-10-16(12-22)21(11-15)18(24)25-13-14-7-5-4-6-8-14/h4-8,15-16,22H,9-13H2,1-3H3,(H,20,23)/t15-,16+/m1/s1. The van der Waals surface area contributed by atoms with E-state index in [2.05, 4.69) is 5.32 Å². The highest BCUT2D eigenvalue weighted by Crippen LogP contribution is 2.19. The summed E-state index contributed by atoms with van der Waals surface area (Å²) in [6, 6.07) is 8.85. The number of hydrogen-bond acceptors (Lipinski definition) is 5. The number of amides is 2. The van der Waals surface area contributed by atoms with Crippen LogP contribution in [0.3, 0.4) is 0 Å². The van der Waals surface area contributed by atoms with Crippen molar-refractivity contribution in [1.82, 2.24) is 10.2 Å². The Morgan fingerprint density at radius 3 is 2.54 bits per heavy atom. The van der Waals surface area contributed by atoms with E-state index < -0.39 is 17.8 Å². The van der Waals surface area contributed by atoms with Crippen molar-refractivity contribution in [3.8, 4) is 0 Å². The second-order valence-corrected chi connectivity index (χ2v) is 7.45. The first-order valence-corrected chi connectivity index (χ1v) is 8.86. The molecular weight excluding hydrogens is 336 g/mol. The number of hydrogen-bond donors (Lipinski definition) is 2. The average Bonchev–Trinajstić information content (AvgIpc) is 2.58. The van der Waals surface area contributed by atoms with Gasteiger partial charge in [0.25, 0.3) is 0 Å². The molecular formula is C19H28N2O5. The monoisotopic (exact) mass is 364 g/mol. The lowest BCUT2D eigenvalue weighted by Crippen LogP contribution is -2.55. The van der Waals surface area contributed by atoms with Crippen molar-refractivity contribution in [2.45, 2.75) is 57.9 Å². The fourth-order valence-electron chi connectivity index (χ4n) is 2.83. The Kier molecular flexibility index (Phi) is 6.85. The summed E-state index contributed by atoms with van der Waals surface area (Å²) in [5, 5.41) is 12.3. The second kappa shape index (κ2) is 8.89. The molecule has 1 saturated heterocycles. The van der Waals surface area contributed by atoms with Gasteiger partial charge in [-0.05, 0) is 39.2 Å². The van der Waals surface area contributed by atoms with Gasteiger partial charge in [-0.1, -0.05) is 30.3 Å². The minimum absolute atomic E-state index is 0.139. The molecule has 2 amide bonds. The smallest absolute Gasteiger partial charge is 0.410 e. The topological polar surface area (TPSA) is 88.1 Å². The molecule has 0 saturated carbocycles. The molecule has 0 aliphatic carbocycles. The summed E-state index contributed by atoms with van der Waals surface area (Å²) in [4.78, 5) is 25.9. The van der Waals surface area contributed by atoms with Gasteiger partial charge >= 0.3 is 12.2 Å². The maximum atomic E-state index is 12.4. The molecule has 2 N–H and O–H groups in total. The molecule has 1 aromatic rings. The molecule has 1 heterocycles. The third-order valence-electron chi connectivity index (χ3n) is 4.08. The molecule has 1 aromatic carbocycles. The van der Waals surface area contributed by atoms with Crippen molar-refractivity contribution in [2.75, 3.05) is 13.2 Å². The molecule has 0 unspecified atom stereocenters. The van der Waals surface area contributed by atoms with Gasteiger partial charge in [-0.2, -0.15) is 0 Å². The highest BCUT2D eigenvalue weighted by atomic mass is 16.6. The summed E-state index contributed by atoms with van der Waals surface area (Å²) in [7, 11) is 0. The maximum absolute atomic E-state index is 12.4. The minimum atomic E-state index is -0.583. The van der Waals surface area contributed by atoms with Crippen LogP contribution in [-0.4, -0.2) is 53.0 Å². The van der Waals surface area contributed by atoms with Crippen LogP contribution < -0.4 is 5.32 Å². The van der Waals surface area contributed by atoms with E-state index in [-0.39, 0.29) is 31.8 Å². The van der Waals surface area contributed by atoms with Crippen molar-refractivity contribution in [3.05, 3.63) is 35.9 Å². The Morgan fingerprint density at radius 2 is 1.92 bits per heavy atom. The Hall–Kier alpha value is -2.28. The van der Waals surface area contributed by atoms with Crippen molar-refractivity contribution in [2.24, 2.45) is 0 Å². The van der Waals surface area contributed by atoms with Gasteiger partial charge in [0.1, 0.15) is 12.2 Å². The summed E-state index contributed by atoms with van der Waals surface area (Å²) in [5.41, 5.74) is 0.308. The van der Waals surface area contributed by atoms with E-state index >= 15 is 0 Å². The van der Waals surface area contributed by atoms with Crippen LogP contribution >= 0.6 is 0 Å². The molecule has 1 aliphatic heterocycles. The predicted molar refractivity (Wildman–Crippen MR) is 96.6 cm³/mol. The largest absolute Gasteiger partial charge is 0.445 e. The van der Waals surface area contributed by atoms with E-state index in [1.807, 2.05) is 30.3 Å². The second-order valence-electron chi connectivity index (χ2n) is 7.45. The number of nitrogens with zero attached hydrogens (tertiary/aromatic N) is 1. The van der Waals surface area contributed by atoms with Crippen molar-refractivity contribution in [3.63, 3.8) is 0 Å². The van der Waals surface area contributed by atoms with Crippen LogP contribution in [0.4, 0.5) is 9.59 Å². The molecule has 0 radical (unpaired) electrons. The van der Waals surface area contributed by atoms with E-state index in [1.165, 1.54) is 4.90 Å². The van der Waals surface area contributed by atoms with Gasteiger partial charge in [-0.25, -0.2) is 9.59 Å². The first-order chi connectivity index (χ1) is 12.3. The van der Waals surface area contributed by atoms with Crippen LogP contribution in [0.15, 0.2) is 30.3 Å². The van der Waals surface area contributed by atoms with Gasteiger partial charge in [0.2, 0.25) is 0 Å². The minimum Gasteiger partial charge on any atom is -0.445 e. The zero-order chi connectivity index (χ0) is 19.2. The predicted octanol–water partition coefficient (Wildman–Crippen LogP) is 2.67. The van der Waals surface area contributed by atoms with Crippen molar-refractivity contribution >= 4 is 12.2 Å². The zero-order valence-electron chi connectivity index (χ0n) is 15.6. The summed E-state index contributed by atoms with van der Waals surface area (Å²) < 4.78 is 10.6. The lowest BCUT2D eigenvalue weighted by molar-refractivity contribution is 0.0302. The maximum Gasteiger partial charge on any atom is 0.410 e. The highest BCUT2D eigenvalue weighted by molar-refractivity contribution is 5.70. The SMILES string of the molecule is CC(C)(C)OC(=O)N[C@@H]1CC[C@@H](CO)N(C(=O)OCc2ccccc2)C1. The van der Waals surface area contributed by atoms with Crippen LogP contribution in [0.25, 0.3) is 0 Å². The van der Waals surface area contributed by atoms with Crippen LogP contribution in [-0.2, 0) is 16.1 Å². The van der Waals surface area contributed by atoms with E-state index in [9.17, 15) is 14.7 Å². The summed E-state index contributed by atoms with van der Waals surface area (Å²) >= 11 is 0. The molecule has 1 aliphatic rings. The van der Waals surface area contributed by atoms with Crippen molar-refractivity contribution in [1.29, 1.82) is 0 Å². The van der Waals surface area contributed by atoms with E-state index in [0.29, 0.717) is 12.8 Å². The third kappa shape index (κ3) is 6.22. The fraction of sp³-hybridized carbons (Fsp3) is 0.579. The number of nitrogens with one attached hydrogen (secondary N) is 1. The van der Waals surface area contributed by atoms with Gasteiger partial charge in [0.15, 0.2) is 0 Å². The first kappa shape index (κ1) is 20.0. The van der Waals surface area contributed by atoms with Gasteiger partial charge in [-0.3, -0.25) is 0 Å². The van der Waals surface area contributed by atoms with Gasteiger partial charge in [0.05, 0.1) is 12.6 Å². The third-order valence-corrected chi connectivity index (χ3v) is 4.08. The fourth-order valence-corrected chi connectivity index (χ4v) is 2.83. The lowest BCUT2D eigenvalue weighted by Gasteiger charge is -2.38. The normalized spacial score (nSPS) is 20.4. The lowest BCUT2D eigenvalue weighted by atomic mass is 9.99. The van der Waals surface area contributed by atoms with Crippen LogP contribution in [0, 0.1) is 0 Å². The molecule has 1 fully saturated rings. The molecule has 0 spiro atoms. The number of piperidine rings is 1. The number of likely N-dealkylation sites (tertiary alicyclic amines) is 1. The Balaban J connectivity index is 1.91.